The van der Waals surface area contributed by atoms with E-state index >= 15 is 0 Å². The van der Waals surface area contributed by atoms with Crippen molar-refractivity contribution in [2.75, 3.05) is 0 Å². The zero-order valence-corrected chi connectivity index (χ0v) is 10.4. The second kappa shape index (κ2) is 7.05. The molecule has 0 N–H and O–H groups in total. The van der Waals surface area contributed by atoms with E-state index in [2.05, 4.69) is 44.7 Å². The van der Waals surface area contributed by atoms with Crippen LogP contribution in [0.25, 0.3) is 0 Å². The van der Waals surface area contributed by atoms with Gasteiger partial charge in [0.05, 0.1) is 0 Å². The van der Waals surface area contributed by atoms with Gasteiger partial charge in [-0.05, 0) is 37.7 Å². The predicted octanol–water partition coefficient (Wildman–Crippen LogP) is 4.98. The Bertz CT molecular complexity index is 337. The van der Waals surface area contributed by atoms with Gasteiger partial charge in [0.2, 0.25) is 0 Å². The van der Waals surface area contributed by atoms with E-state index in [1.807, 2.05) is 12.2 Å². The zero-order valence-electron chi connectivity index (χ0n) is 10.4. The largest absolute Gasteiger partial charge is 0.0991 e. The molecule has 86 valence electrons. The van der Waals surface area contributed by atoms with Gasteiger partial charge in [0.15, 0.2) is 0 Å². The molecule has 0 spiro atoms. The number of rotatable bonds is 4. The molecule has 0 saturated heterocycles. The first kappa shape index (κ1) is 12.8. The molecule has 0 radical (unpaired) electrons. The Morgan fingerprint density at radius 3 is 2.94 bits per heavy atom. The molecule has 0 saturated carbocycles. The van der Waals surface area contributed by atoms with Crippen molar-refractivity contribution in [3.05, 3.63) is 60.3 Å². The minimum Gasteiger partial charge on any atom is -0.0991 e. The Kier molecular flexibility index (Phi) is 5.63. The van der Waals surface area contributed by atoms with Crippen molar-refractivity contribution in [2.45, 2.75) is 33.1 Å². The summed E-state index contributed by atoms with van der Waals surface area (Å²) in [7, 11) is 0. The third kappa shape index (κ3) is 4.48. The summed E-state index contributed by atoms with van der Waals surface area (Å²) in [6, 6.07) is 0. The Hall–Kier alpha value is -1.30. The minimum absolute atomic E-state index is 0.724. The minimum atomic E-state index is 0.724. The van der Waals surface area contributed by atoms with Crippen molar-refractivity contribution in [3.8, 4) is 0 Å². The zero-order chi connectivity index (χ0) is 11.8. The van der Waals surface area contributed by atoms with Crippen molar-refractivity contribution in [2.24, 2.45) is 5.92 Å². The number of hydrogen-bond acceptors (Lipinski definition) is 0. The molecular formula is C16H22. The van der Waals surface area contributed by atoms with Gasteiger partial charge in [-0.15, -0.1) is 0 Å². The lowest BCUT2D eigenvalue weighted by Crippen LogP contribution is -2.02. The van der Waals surface area contributed by atoms with E-state index in [-0.39, 0.29) is 0 Å². The molecule has 0 aromatic rings. The van der Waals surface area contributed by atoms with E-state index in [0.717, 1.165) is 5.92 Å². The number of allylic oxidation sites excluding steroid dienone is 9. The molecule has 0 heterocycles. The van der Waals surface area contributed by atoms with Crippen LogP contribution in [0.15, 0.2) is 60.3 Å². The van der Waals surface area contributed by atoms with Gasteiger partial charge in [-0.3, -0.25) is 0 Å². The second-order valence-corrected chi connectivity index (χ2v) is 4.40. The monoisotopic (exact) mass is 214 g/mol. The second-order valence-electron chi connectivity index (χ2n) is 4.40. The van der Waals surface area contributed by atoms with Crippen LogP contribution in [-0.4, -0.2) is 0 Å². The number of hydrogen-bond donors (Lipinski definition) is 0. The first-order valence-electron chi connectivity index (χ1n) is 6.08. The molecule has 0 fully saturated rings. The van der Waals surface area contributed by atoms with Gasteiger partial charge in [0.25, 0.3) is 0 Å². The highest BCUT2D eigenvalue weighted by molar-refractivity contribution is 5.31. The van der Waals surface area contributed by atoms with E-state index < -0.39 is 0 Å². The quantitative estimate of drug-likeness (QED) is 0.579. The van der Waals surface area contributed by atoms with Crippen molar-refractivity contribution in [1.82, 2.24) is 0 Å². The van der Waals surface area contributed by atoms with Gasteiger partial charge < -0.3 is 0 Å². The van der Waals surface area contributed by atoms with Crippen LogP contribution in [-0.2, 0) is 0 Å². The van der Waals surface area contributed by atoms with Crippen molar-refractivity contribution in [1.29, 1.82) is 0 Å². The smallest absolute Gasteiger partial charge is 0.0193 e. The maximum atomic E-state index is 3.64. The molecule has 1 aliphatic carbocycles. The first-order chi connectivity index (χ1) is 7.74. The fourth-order valence-corrected chi connectivity index (χ4v) is 1.86. The molecule has 0 heteroatoms. The lowest BCUT2D eigenvalue weighted by Gasteiger charge is -2.17. The summed E-state index contributed by atoms with van der Waals surface area (Å²) in [5, 5.41) is 0. The Labute approximate surface area is 99.8 Å². The normalized spacial score (nSPS) is 22.8. The molecule has 0 bridgehead atoms. The van der Waals surface area contributed by atoms with E-state index in [0.29, 0.717) is 0 Å². The molecule has 1 unspecified atom stereocenters. The van der Waals surface area contributed by atoms with Crippen LogP contribution in [0.4, 0.5) is 0 Å². The molecule has 16 heavy (non-hydrogen) atoms. The van der Waals surface area contributed by atoms with Gasteiger partial charge in [-0.1, -0.05) is 61.6 Å². The topological polar surface area (TPSA) is 0 Å². The van der Waals surface area contributed by atoms with E-state index in [1.165, 1.54) is 30.4 Å². The van der Waals surface area contributed by atoms with Crippen LogP contribution < -0.4 is 0 Å². The average Bonchev–Trinajstić information content (AvgIpc) is 2.28. The van der Waals surface area contributed by atoms with Gasteiger partial charge in [0.1, 0.15) is 0 Å². The molecule has 0 aromatic heterocycles. The summed E-state index contributed by atoms with van der Waals surface area (Å²) in [5.74, 6) is 0.724. The third-order valence-corrected chi connectivity index (χ3v) is 2.94. The maximum absolute atomic E-state index is 3.64. The first-order valence-corrected chi connectivity index (χ1v) is 6.08. The molecule has 0 amide bonds. The lowest BCUT2D eigenvalue weighted by atomic mass is 9.89. The Morgan fingerprint density at radius 1 is 1.44 bits per heavy atom. The molecule has 0 aromatic carbocycles. The average molecular weight is 214 g/mol. The summed E-state index contributed by atoms with van der Waals surface area (Å²) in [4.78, 5) is 0. The van der Waals surface area contributed by atoms with Crippen molar-refractivity contribution >= 4 is 0 Å². The lowest BCUT2D eigenvalue weighted by molar-refractivity contribution is 0.563. The van der Waals surface area contributed by atoms with Crippen LogP contribution in [0, 0.1) is 5.92 Å². The van der Waals surface area contributed by atoms with Crippen molar-refractivity contribution < 1.29 is 0 Å². The summed E-state index contributed by atoms with van der Waals surface area (Å²) >= 11 is 0. The summed E-state index contributed by atoms with van der Waals surface area (Å²) in [6.07, 6.45) is 18.6. The molecular weight excluding hydrogens is 192 g/mol. The summed E-state index contributed by atoms with van der Waals surface area (Å²) in [6.45, 7) is 8.08. The summed E-state index contributed by atoms with van der Waals surface area (Å²) in [5.41, 5.74) is 2.77. The third-order valence-electron chi connectivity index (χ3n) is 2.94. The molecule has 1 rings (SSSR count). The molecule has 0 nitrogen and oxygen atoms in total. The van der Waals surface area contributed by atoms with Crippen LogP contribution >= 0.6 is 0 Å². The fourth-order valence-electron chi connectivity index (χ4n) is 1.86. The molecule has 0 aliphatic heterocycles. The Morgan fingerprint density at radius 2 is 2.25 bits per heavy atom. The van der Waals surface area contributed by atoms with E-state index in [4.69, 9.17) is 0 Å². The summed E-state index contributed by atoms with van der Waals surface area (Å²) < 4.78 is 0. The highest BCUT2D eigenvalue weighted by Gasteiger charge is 2.09. The Balaban J connectivity index is 2.58. The van der Waals surface area contributed by atoms with Gasteiger partial charge >= 0.3 is 0 Å². The predicted molar refractivity (Wildman–Crippen MR) is 73.3 cm³/mol. The van der Waals surface area contributed by atoms with Crippen LogP contribution in [0.1, 0.15) is 33.1 Å². The van der Waals surface area contributed by atoms with Crippen LogP contribution in [0.5, 0.6) is 0 Å². The van der Waals surface area contributed by atoms with Crippen LogP contribution in [0.3, 0.4) is 0 Å². The highest BCUT2D eigenvalue weighted by Crippen LogP contribution is 2.25. The van der Waals surface area contributed by atoms with Crippen LogP contribution in [0.2, 0.25) is 0 Å². The fraction of sp³-hybridized carbons (Fsp3) is 0.375. The maximum Gasteiger partial charge on any atom is -0.0193 e. The standard InChI is InChI=1S/C16H22/c1-4-5-6-9-14(2)12-13-16-11-8-7-10-15(16)3/h4-6,9,11-13,15H,1,7-8,10H2,2-3H3/b6-5+,13-12+,14-9-. The van der Waals surface area contributed by atoms with Gasteiger partial charge in [-0.2, -0.15) is 0 Å². The SMILES string of the molecule is C=C/C=C/C=C(C)\C=C\C1=CCCCC1C. The van der Waals surface area contributed by atoms with E-state index in [1.54, 1.807) is 6.08 Å². The van der Waals surface area contributed by atoms with Crippen molar-refractivity contribution in [3.63, 3.8) is 0 Å². The highest BCUT2D eigenvalue weighted by atomic mass is 14.1. The van der Waals surface area contributed by atoms with E-state index in [9.17, 15) is 0 Å². The van der Waals surface area contributed by atoms with Gasteiger partial charge in [-0.25, -0.2) is 0 Å². The molecule has 1 aliphatic rings. The molecule has 1 atom stereocenters. The van der Waals surface area contributed by atoms with Gasteiger partial charge in [0, 0.05) is 0 Å².